The van der Waals surface area contributed by atoms with E-state index in [2.05, 4.69) is 9.15 Å². The number of hydrogen-bond acceptors (Lipinski definition) is 6. The van der Waals surface area contributed by atoms with Crippen molar-refractivity contribution in [1.82, 2.24) is 0 Å². The summed E-state index contributed by atoms with van der Waals surface area (Å²) in [6.07, 6.45) is -5.17. The molecule has 0 fully saturated rings. The van der Waals surface area contributed by atoms with Crippen LogP contribution in [0.5, 0.6) is 5.75 Å². The Balaban J connectivity index is 2.44. The summed E-state index contributed by atoms with van der Waals surface area (Å²) in [7, 11) is 0. The van der Waals surface area contributed by atoms with Crippen molar-refractivity contribution in [1.29, 1.82) is 0 Å². The van der Waals surface area contributed by atoms with Crippen LogP contribution in [0.25, 0.3) is 11.0 Å². The number of rotatable bonds is 2. The Morgan fingerprint density at radius 1 is 1.19 bits per heavy atom. The van der Waals surface area contributed by atoms with Gasteiger partial charge in [-0.25, -0.2) is 9.59 Å². The average molecular weight is 301 g/mol. The fraction of sp³-hybridized carbons (Fsp3) is 0.0833. The monoisotopic (exact) mass is 301 g/mol. The summed E-state index contributed by atoms with van der Waals surface area (Å²) in [5.74, 6) is -4.69. The second-order valence-corrected chi connectivity index (χ2v) is 3.82. The van der Waals surface area contributed by atoms with E-state index in [-0.39, 0.29) is 11.0 Å². The molecule has 0 aliphatic heterocycles. The molecule has 1 heterocycles. The summed E-state index contributed by atoms with van der Waals surface area (Å²) in [6.45, 7) is 0. The Labute approximate surface area is 113 Å². The van der Waals surface area contributed by atoms with Crippen molar-refractivity contribution in [3.63, 3.8) is 0 Å². The zero-order valence-corrected chi connectivity index (χ0v) is 9.89. The van der Waals surface area contributed by atoms with E-state index in [9.17, 15) is 32.7 Å². The van der Waals surface area contributed by atoms with Crippen molar-refractivity contribution in [2.45, 2.75) is 6.18 Å². The maximum absolute atomic E-state index is 12.0. The predicted molar refractivity (Wildman–Crippen MR) is 58.5 cm³/mol. The minimum Gasteiger partial charge on any atom is -0.545 e. The zero-order chi connectivity index (χ0) is 15.8. The van der Waals surface area contributed by atoms with Gasteiger partial charge in [0.1, 0.15) is 11.3 Å². The van der Waals surface area contributed by atoms with E-state index in [1.165, 1.54) is 0 Å². The van der Waals surface area contributed by atoms with Crippen molar-refractivity contribution in [3.8, 4) is 5.75 Å². The third kappa shape index (κ3) is 3.02. The second kappa shape index (κ2) is 4.93. The van der Waals surface area contributed by atoms with Crippen LogP contribution >= 0.6 is 0 Å². The van der Waals surface area contributed by atoms with Crippen LogP contribution in [0.15, 0.2) is 33.5 Å². The summed E-state index contributed by atoms with van der Waals surface area (Å²) in [5.41, 5.74) is -2.21. The summed E-state index contributed by atoms with van der Waals surface area (Å²) >= 11 is 0. The lowest BCUT2D eigenvalue weighted by Gasteiger charge is -2.08. The van der Waals surface area contributed by atoms with Crippen molar-refractivity contribution in [2.75, 3.05) is 0 Å². The van der Waals surface area contributed by atoms with Crippen LogP contribution < -0.4 is 15.5 Å². The number of esters is 1. The molecule has 0 saturated heterocycles. The van der Waals surface area contributed by atoms with Crippen molar-refractivity contribution < 1.29 is 37.0 Å². The van der Waals surface area contributed by atoms with Crippen molar-refractivity contribution in [3.05, 3.63) is 40.2 Å². The molecule has 0 spiro atoms. The largest absolute Gasteiger partial charge is 0.545 e. The number of benzene rings is 1. The lowest BCUT2D eigenvalue weighted by atomic mass is 10.2. The number of hydrogen-bond donors (Lipinski definition) is 0. The van der Waals surface area contributed by atoms with Gasteiger partial charge in [-0.2, -0.15) is 13.2 Å². The molecule has 110 valence electrons. The highest BCUT2D eigenvalue weighted by atomic mass is 19.4. The molecular formula is C12H4F3O6-. The SMILES string of the molecule is O=C([O-])c1cc2ccc(OC(=O)C(F)(F)F)cc2oc1=O. The first kappa shape index (κ1) is 14.6. The maximum Gasteiger partial charge on any atom is 0.491 e. The van der Waals surface area contributed by atoms with Crippen LogP contribution in [0.3, 0.4) is 0 Å². The summed E-state index contributed by atoms with van der Waals surface area (Å²) < 4.78 is 44.8. The number of fused-ring (bicyclic) bond motifs is 1. The first-order valence-electron chi connectivity index (χ1n) is 5.27. The van der Waals surface area contributed by atoms with E-state index >= 15 is 0 Å². The van der Waals surface area contributed by atoms with Crippen molar-refractivity contribution >= 4 is 22.9 Å². The molecule has 1 aromatic heterocycles. The van der Waals surface area contributed by atoms with E-state index in [4.69, 9.17) is 0 Å². The van der Waals surface area contributed by atoms with Crippen LogP contribution in [-0.2, 0) is 4.79 Å². The molecule has 0 atom stereocenters. The molecule has 21 heavy (non-hydrogen) atoms. The van der Waals surface area contributed by atoms with Gasteiger partial charge in [0.25, 0.3) is 0 Å². The average Bonchev–Trinajstić information content (AvgIpc) is 2.36. The number of halogens is 3. The number of aromatic carboxylic acids is 1. The number of carbonyl (C=O) groups excluding carboxylic acids is 2. The highest BCUT2D eigenvalue weighted by Crippen LogP contribution is 2.23. The molecule has 2 aromatic rings. The molecule has 1 aromatic carbocycles. The molecule has 0 amide bonds. The smallest absolute Gasteiger partial charge is 0.491 e. The Kier molecular flexibility index (Phi) is 3.42. The normalized spacial score (nSPS) is 11.4. The number of alkyl halides is 3. The molecule has 9 heteroatoms. The molecule has 0 bridgehead atoms. The fourth-order valence-electron chi connectivity index (χ4n) is 1.46. The van der Waals surface area contributed by atoms with Gasteiger partial charge < -0.3 is 19.1 Å². The third-order valence-corrected chi connectivity index (χ3v) is 2.37. The molecule has 0 unspecified atom stereocenters. The van der Waals surface area contributed by atoms with Gasteiger partial charge >= 0.3 is 17.8 Å². The number of carboxylic acid groups (broad SMARTS) is 1. The number of ether oxygens (including phenoxy) is 1. The highest BCUT2D eigenvalue weighted by molar-refractivity contribution is 5.90. The quantitative estimate of drug-likeness (QED) is 0.458. The Hall–Kier alpha value is -2.84. The third-order valence-electron chi connectivity index (χ3n) is 2.37. The molecule has 0 aliphatic rings. The lowest BCUT2D eigenvalue weighted by Crippen LogP contribution is -2.28. The van der Waals surface area contributed by atoms with Crippen molar-refractivity contribution in [2.24, 2.45) is 0 Å². The first-order valence-corrected chi connectivity index (χ1v) is 5.27. The van der Waals surface area contributed by atoms with Gasteiger partial charge in [0.15, 0.2) is 0 Å². The molecule has 0 saturated carbocycles. The van der Waals surface area contributed by atoms with Crippen LogP contribution in [0.2, 0.25) is 0 Å². The van der Waals surface area contributed by atoms with Crippen LogP contribution in [0.4, 0.5) is 13.2 Å². The predicted octanol–water partition coefficient (Wildman–Crippen LogP) is 0.624. The van der Waals surface area contributed by atoms with E-state index in [1.807, 2.05) is 0 Å². The molecule has 2 rings (SSSR count). The van der Waals surface area contributed by atoms with Gasteiger partial charge in [0.2, 0.25) is 0 Å². The Bertz CT molecular complexity index is 790. The van der Waals surface area contributed by atoms with E-state index in [0.717, 1.165) is 24.3 Å². The standard InChI is InChI=1S/C12H5F3O6/c13-12(14,15)11(19)20-6-2-1-5-3-7(9(16)17)10(18)21-8(5)4-6/h1-4H,(H,16,17)/p-1. The first-order chi connectivity index (χ1) is 9.68. The van der Waals surface area contributed by atoms with Gasteiger partial charge in [-0.3, -0.25) is 0 Å². The Morgan fingerprint density at radius 3 is 2.43 bits per heavy atom. The topological polar surface area (TPSA) is 96.6 Å². The van der Waals surface area contributed by atoms with E-state index in [1.54, 1.807) is 0 Å². The van der Waals surface area contributed by atoms with Crippen LogP contribution in [0, 0.1) is 0 Å². The molecule has 0 N–H and O–H groups in total. The van der Waals surface area contributed by atoms with Gasteiger partial charge in [-0.1, -0.05) is 0 Å². The number of carboxylic acids is 1. The van der Waals surface area contributed by atoms with E-state index in [0.29, 0.717) is 0 Å². The number of carbonyl (C=O) groups is 2. The summed E-state index contributed by atoms with van der Waals surface area (Å²) in [5, 5.41) is 10.7. The van der Waals surface area contributed by atoms with Gasteiger partial charge in [-0.15, -0.1) is 0 Å². The minimum absolute atomic E-state index is 0.112. The van der Waals surface area contributed by atoms with Crippen LogP contribution in [0.1, 0.15) is 10.4 Å². The minimum atomic E-state index is -5.17. The molecular weight excluding hydrogens is 297 g/mol. The van der Waals surface area contributed by atoms with E-state index < -0.39 is 35.1 Å². The molecule has 6 nitrogen and oxygen atoms in total. The maximum atomic E-state index is 12.0. The molecule has 0 aliphatic carbocycles. The summed E-state index contributed by atoms with van der Waals surface area (Å²) in [6, 6.07) is 3.92. The lowest BCUT2D eigenvalue weighted by molar-refractivity contribution is -0.255. The van der Waals surface area contributed by atoms with Gasteiger partial charge in [0.05, 0.1) is 11.5 Å². The Morgan fingerprint density at radius 2 is 1.86 bits per heavy atom. The van der Waals surface area contributed by atoms with Crippen LogP contribution in [-0.4, -0.2) is 18.1 Å². The summed E-state index contributed by atoms with van der Waals surface area (Å²) in [4.78, 5) is 32.6. The van der Waals surface area contributed by atoms with Gasteiger partial charge in [-0.05, 0) is 18.2 Å². The zero-order valence-electron chi connectivity index (χ0n) is 9.89. The highest BCUT2D eigenvalue weighted by Gasteiger charge is 2.41. The van der Waals surface area contributed by atoms with Gasteiger partial charge in [0, 0.05) is 11.5 Å². The molecule has 0 radical (unpaired) electrons. The second-order valence-electron chi connectivity index (χ2n) is 3.82. The fourth-order valence-corrected chi connectivity index (χ4v) is 1.46.